The van der Waals surface area contributed by atoms with Gasteiger partial charge in [-0.25, -0.2) is 8.42 Å². The fourth-order valence-electron chi connectivity index (χ4n) is 3.58. The minimum absolute atomic E-state index is 0.165. The first-order valence-corrected chi connectivity index (χ1v) is 12.9. The van der Waals surface area contributed by atoms with Crippen molar-refractivity contribution in [3.8, 4) is 11.5 Å². The van der Waals surface area contributed by atoms with Crippen molar-refractivity contribution in [2.45, 2.75) is 13.5 Å². The number of hydrogen-bond donors (Lipinski definition) is 1. The molecule has 178 valence electrons. The molecule has 1 N–H and O–H groups in total. The molecule has 4 rings (SSSR count). The van der Waals surface area contributed by atoms with E-state index < -0.39 is 10.0 Å². The Labute approximate surface area is 205 Å². The number of nitrogens with zero attached hydrogens (tertiary/aromatic N) is 1. The normalized spacial score (nSPS) is 11.0. The van der Waals surface area contributed by atoms with Gasteiger partial charge in [0.05, 0.1) is 24.2 Å². The number of benzene rings is 4. The fourth-order valence-corrected chi connectivity index (χ4v) is 4.46. The molecule has 0 saturated carbocycles. The molecule has 0 fully saturated rings. The molecule has 0 saturated heterocycles. The number of anilines is 2. The minimum Gasteiger partial charge on any atom is -0.455 e. The Morgan fingerprint density at radius 2 is 1.54 bits per heavy atom. The maximum atomic E-state index is 12.9. The average Bonchev–Trinajstić information content (AvgIpc) is 2.84. The predicted molar refractivity (Wildman–Crippen MR) is 140 cm³/mol. The summed E-state index contributed by atoms with van der Waals surface area (Å²) in [5.74, 6) is 0.910. The van der Waals surface area contributed by atoms with Crippen molar-refractivity contribution in [1.82, 2.24) is 0 Å². The summed E-state index contributed by atoms with van der Waals surface area (Å²) < 4.78 is 32.1. The standard InChI is InChI=1S/C28H26N2O4S/c1-21-9-8-10-24(19-21)30(35(2,32)33)20-22-15-17-23(18-16-22)28(31)29-26-13-6-7-14-27(26)34-25-11-4-3-5-12-25/h3-19H,20H2,1-2H3,(H,29,31). The van der Waals surface area contributed by atoms with E-state index >= 15 is 0 Å². The number of rotatable bonds is 8. The Kier molecular flexibility index (Phi) is 7.17. The lowest BCUT2D eigenvalue weighted by Crippen LogP contribution is -2.29. The molecule has 0 aliphatic heterocycles. The lowest BCUT2D eigenvalue weighted by molar-refractivity contribution is 0.102. The molecule has 0 unspecified atom stereocenters. The molecule has 4 aromatic rings. The molecule has 0 atom stereocenters. The summed E-state index contributed by atoms with van der Waals surface area (Å²) in [5.41, 5.74) is 3.34. The average molecular weight is 487 g/mol. The third-order valence-electron chi connectivity index (χ3n) is 5.34. The van der Waals surface area contributed by atoms with Gasteiger partial charge < -0.3 is 10.1 Å². The Morgan fingerprint density at radius 3 is 2.23 bits per heavy atom. The zero-order valence-corrected chi connectivity index (χ0v) is 20.3. The molecule has 0 spiro atoms. The van der Waals surface area contributed by atoms with Gasteiger partial charge in [-0.1, -0.05) is 54.6 Å². The first-order valence-electron chi connectivity index (χ1n) is 11.1. The van der Waals surface area contributed by atoms with Crippen molar-refractivity contribution in [2.75, 3.05) is 15.9 Å². The number of amides is 1. The van der Waals surface area contributed by atoms with Crippen LogP contribution in [-0.4, -0.2) is 20.6 Å². The summed E-state index contributed by atoms with van der Waals surface area (Å²) >= 11 is 0. The van der Waals surface area contributed by atoms with Crippen LogP contribution in [0.2, 0.25) is 0 Å². The number of para-hydroxylation sites is 3. The quantitative estimate of drug-likeness (QED) is 0.331. The summed E-state index contributed by atoms with van der Waals surface area (Å²) in [5, 5.41) is 2.89. The first kappa shape index (κ1) is 24.0. The molecule has 6 nitrogen and oxygen atoms in total. The summed E-state index contributed by atoms with van der Waals surface area (Å²) in [4.78, 5) is 12.9. The van der Waals surface area contributed by atoms with Crippen LogP contribution in [0, 0.1) is 6.92 Å². The number of aryl methyl sites for hydroxylation is 1. The van der Waals surface area contributed by atoms with E-state index in [1.807, 2.05) is 67.6 Å². The smallest absolute Gasteiger partial charge is 0.255 e. The Balaban J connectivity index is 1.49. The third-order valence-corrected chi connectivity index (χ3v) is 6.48. The minimum atomic E-state index is -3.49. The zero-order chi connectivity index (χ0) is 24.8. The summed E-state index contributed by atoms with van der Waals surface area (Å²) in [6, 6.07) is 30.8. The van der Waals surface area contributed by atoms with Crippen LogP contribution in [-0.2, 0) is 16.6 Å². The van der Waals surface area contributed by atoms with Crippen LogP contribution >= 0.6 is 0 Å². The van der Waals surface area contributed by atoms with Gasteiger partial charge in [-0.3, -0.25) is 9.10 Å². The SMILES string of the molecule is Cc1cccc(N(Cc2ccc(C(=O)Nc3ccccc3Oc3ccccc3)cc2)S(C)(=O)=O)c1. The van der Waals surface area contributed by atoms with Gasteiger partial charge in [-0.2, -0.15) is 0 Å². The van der Waals surface area contributed by atoms with Crippen LogP contribution in [0.15, 0.2) is 103 Å². The second-order valence-corrected chi connectivity index (χ2v) is 10.1. The maximum absolute atomic E-state index is 12.9. The van der Waals surface area contributed by atoms with Crippen LogP contribution in [0.1, 0.15) is 21.5 Å². The second kappa shape index (κ2) is 10.4. The summed E-state index contributed by atoms with van der Waals surface area (Å²) in [7, 11) is -3.49. The monoisotopic (exact) mass is 486 g/mol. The van der Waals surface area contributed by atoms with Gasteiger partial charge in [0.15, 0.2) is 5.75 Å². The molecule has 0 aliphatic carbocycles. The number of ether oxygens (including phenoxy) is 1. The number of sulfonamides is 1. The maximum Gasteiger partial charge on any atom is 0.255 e. The molecule has 7 heteroatoms. The van der Waals surface area contributed by atoms with Crippen molar-refractivity contribution in [3.63, 3.8) is 0 Å². The molecular weight excluding hydrogens is 460 g/mol. The zero-order valence-electron chi connectivity index (χ0n) is 19.5. The molecule has 0 radical (unpaired) electrons. The predicted octanol–water partition coefficient (Wildman–Crippen LogP) is 6.01. The number of hydrogen-bond acceptors (Lipinski definition) is 4. The lowest BCUT2D eigenvalue weighted by atomic mass is 10.1. The lowest BCUT2D eigenvalue weighted by Gasteiger charge is -2.23. The number of carbonyl (C=O) groups excluding carboxylic acids is 1. The second-order valence-electron chi connectivity index (χ2n) is 8.17. The van der Waals surface area contributed by atoms with E-state index in [1.54, 1.807) is 42.5 Å². The highest BCUT2D eigenvalue weighted by Gasteiger charge is 2.18. The molecule has 0 bridgehead atoms. The van der Waals surface area contributed by atoms with Crippen LogP contribution in [0.3, 0.4) is 0 Å². The van der Waals surface area contributed by atoms with Gasteiger partial charge in [0.1, 0.15) is 5.75 Å². The van der Waals surface area contributed by atoms with Gasteiger partial charge in [0.25, 0.3) is 5.91 Å². The molecule has 1 amide bonds. The van der Waals surface area contributed by atoms with Gasteiger partial charge in [0.2, 0.25) is 10.0 Å². The van der Waals surface area contributed by atoms with E-state index in [-0.39, 0.29) is 12.5 Å². The van der Waals surface area contributed by atoms with E-state index in [1.165, 1.54) is 10.6 Å². The van der Waals surface area contributed by atoms with Gasteiger partial charge in [-0.05, 0) is 66.6 Å². The Morgan fingerprint density at radius 1 is 0.857 bits per heavy atom. The van der Waals surface area contributed by atoms with Crippen molar-refractivity contribution < 1.29 is 17.9 Å². The first-order chi connectivity index (χ1) is 16.8. The number of carbonyl (C=O) groups is 1. The third kappa shape index (κ3) is 6.28. The number of nitrogens with one attached hydrogen (secondary N) is 1. The molecule has 4 aromatic carbocycles. The van der Waals surface area contributed by atoms with E-state index in [9.17, 15) is 13.2 Å². The highest BCUT2D eigenvalue weighted by atomic mass is 32.2. The Hall–Kier alpha value is -4.10. The largest absolute Gasteiger partial charge is 0.455 e. The van der Waals surface area contributed by atoms with E-state index in [2.05, 4.69) is 5.32 Å². The summed E-state index contributed by atoms with van der Waals surface area (Å²) in [6.07, 6.45) is 1.19. The van der Waals surface area contributed by atoms with Crippen LogP contribution in [0.4, 0.5) is 11.4 Å². The molecule has 0 heterocycles. The van der Waals surface area contributed by atoms with Crippen molar-refractivity contribution in [3.05, 3.63) is 120 Å². The van der Waals surface area contributed by atoms with Crippen molar-refractivity contribution in [2.24, 2.45) is 0 Å². The molecular formula is C28H26N2O4S. The van der Waals surface area contributed by atoms with Crippen LogP contribution in [0.25, 0.3) is 0 Å². The molecule has 0 aromatic heterocycles. The van der Waals surface area contributed by atoms with Gasteiger partial charge in [0, 0.05) is 5.56 Å². The van der Waals surface area contributed by atoms with E-state index in [4.69, 9.17) is 4.74 Å². The molecule has 35 heavy (non-hydrogen) atoms. The topological polar surface area (TPSA) is 75.7 Å². The molecule has 0 aliphatic rings. The van der Waals surface area contributed by atoms with Gasteiger partial charge in [-0.15, -0.1) is 0 Å². The van der Waals surface area contributed by atoms with Gasteiger partial charge >= 0.3 is 0 Å². The van der Waals surface area contributed by atoms with E-state index in [0.29, 0.717) is 28.4 Å². The summed E-state index contributed by atoms with van der Waals surface area (Å²) in [6.45, 7) is 2.08. The van der Waals surface area contributed by atoms with Crippen molar-refractivity contribution >= 4 is 27.3 Å². The van der Waals surface area contributed by atoms with Crippen molar-refractivity contribution in [1.29, 1.82) is 0 Å². The van der Waals surface area contributed by atoms with Crippen LogP contribution < -0.4 is 14.4 Å². The highest BCUT2D eigenvalue weighted by molar-refractivity contribution is 7.92. The fraction of sp³-hybridized carbons (Fsp3) is 0.107. The highest BCUT2D eigenvalue weighted by Crippen LogP contribution is 2.29. The Bertz CT molecular complexity index is 1420. The van der Waals surface area contributed by atoms with E-state index in [0.717, 1.165) is 11.1 Å². The van der Waals surface area contributed by atoms with Crippen LogP contribution in [0.5, 0.6) is 11.5 Å².